The van der Waals surface area contributed by atoms with Gasteiger partial charge in [-0.25, -0.2) is 4.79 Å². The fourth-order valence-corrected chi connectivity index (χ4v) is 6.86. The summed E-state index contributed by atoms with van der Waals surface area (Å²) in [6.45, 7) is 5.63. The molecular weight excluding hydrogens is 606 g/mol. The number of fused-ring (bicyclic) bond motifs is 2. The van der Waals surface area contributed by atoms with Gasteiger partial charge in [-0.1, -0.05) is 66.7 Å². The minimum Gasteiger partial charge on any atom is -0.462 e. The number of hydrogen-bond donors (Lipinski definition) is 0. The van der Waals surface area contributed by atoms with E-state index in [0.717, 1.165) is 42.1 Å². The molecule has 2 saturated heterocycles. The Bertz CT molecular complexity index is 1780. The van der Waals surface area contributed by atoms with Crippen molar-refractivity contribution >= 4 is 28.4 Å². The van der Waals surface area contributed by atoms with Crippen LogP contribution >= 0.6 is 0 Å². The maximum atomic E-state index is 13.2. The van der Waals surface area contributed by atoms with Gasteiger partial charge in [0.2, 0.25) is 0 Å². The van der Waals surface area contributed by atoms with Crippen LogP contribution < -0.4 is 14.5 Å². The Balaban J connectivity index is 1.15. The molecule has 3 aromatic carbocycles. The van der Waals surface area contributed by atoms with E-state index in [-0.39, 0.29) is 25.1 Å². The zero-order valence-electron chi connectivity index (χ0n) is 27.3. The van der Waals surface area contributed by atoms with Crippen LogP contribution in [0.15, 0.2) is 72.8 Å². The Labute approximate surface area is 281 Å². The molecular formula is C37H41N7O4. The number of hydrogen-bond acceptors (Lipinski definition) is 10. The molecule has 7 rings (SSSR count). The fourth-order valence-electron chi connectivity index (χ4n) is 6.86. The fraction of sp³-hybridized carbons (Fsp3) is 0.405. The molecule has 1 unspecified atom stereocenters. The van der Waals surface area contributed by atoms with Gasteiger partial charge in [-0.2, -0.15) is 15.2 Å². The quantitative estimate of drug-likeness (QED) is 0.269. The van der Waals surface area contributed by atoms with Crippen LogP contribution in [0.25, 0.3) is 10.8 Å². The van der Waals surface area contributed by atoms with Crippen molar-refractivity contribution in [1.82, 2.24) is 19.8 Å². The third kappa shape index (κ3) is 6.86. The normalized spacial score (nSPS) is 19.9. The Kier molecular flexibility index (Phi) is 9.54. The lowest BCUT2D eigenvalue weighted by Crippen LogP contribution is -2.55. The predicted molar refractivity (Wildman–Crippen MR) is 183 cm³/mol. The van der Waals surface area contributed by atoms with Gasteiger partial charge in [-0.05, 0) is 30.5 Å². The van der Waals surface area contributed by atoms with Gasteiger partial charge < -0.3 is 28.9 Å². The number of nitrogens with zero attached hydrogens (tertiary/aromatic N) is 7. The monoisotopic (exact) mass is 647 g/mol. The topological polar surface area (TPSA) is 107 Å². The molecule has 0 bridgehead atoms. The zero-order chi connectivity index (χ0) is 32.9. The maximum Gasteiger partial charge on any atom is 0.410 e. The number of anilines is 2. The number of rotatable bonds is 8. The smallest absolute Gasteiger partial charge is 0.410 e. The molecule has 3 aliphatic heterocycles. The van der Waals surface area contributed by atoms with Crippen molar-refractivity contribution in [1.29, 1.82) is 5.26 Å². The van der Waals surface area contributed by atoms with E-state index in [1.807, 2.05) is 30.3 Å². The number of amides is 1. The summed E-state index contributed by atoms with van der Waals surface area (Å²) in [4.78, 5) is 31.7. The Hall–Kier alpha value is -4.92. The van der Waals surface area contributed by atoms with Crippen LogP contribution in [0.2, 0.25) is 0 Å². The molecule has 0 N–H and O–H groups in total. The third-order valence-electron chi connectivity index (χ3n) is 9.61. The van der Waals surface area contributed by atoms with Crippen LogP contribution in [0.5, 0.6) is 6.01 Å². The zero-order valence-corrected chi connectivity index (χ0v) is 27.3. The second-order valence-electron chi connectivity index (χ2n) is 12.6. The van der Waals surface area contributed by atoms with E-state index in [0.29, 0.717) is 52.0 Å². The summed E-state index contributed by atoms with van der Waals surface area (Å²) in [6, 6.07) is 26.9. The van der Waals surface area contributed by atoms with E-state index >= 15 is 0 Å². The largest absolute Gasteiger partial charge is 0.462 e. The van der Waals surface area contributed by atoms with Crippen LogP contribution in [-0.4, -0.2) is 97.5 Å². The van der Waals surface area contributed by atoms with Crippen molar-refractivity contribution in [3.8, 4) is 12.1 Å². The predicted octanol–water partition coefficient (Wildman–Crippen LogP) is 4.64. The van der Waals surface area contributed by atoms with Gasteiger partial charge in [-0.3, -0.25) is 4.90 Å². The second kappa shape index (κ2) is 14.5. The van der Waals surface area contributed by atoms with Gasteiger partial charge in [0.25, 0.3) is 0 Å². The molecule has 11 nitrogen and oxygen atoms in total. The number of morpholine rings is 1. The standard InChI is InChI=1S/C37H41N7O4/c1-41-20-21-46-25-30(41)26-47-36-39-33-23-42(34-13-7-11-28-10-5-6-12-31(28)34)17-15-32(33)35(40-36)43-18-19-44(29(22-43)14-16-38)37(45)48-24-27-8-3-2-4-9-27/h2-13,29-30H,14-15,17-26H2,1H3/t29?,30-/m1/s1. The molecule has 11 heteroatoms. The second-order valence-corrected chi connectivity index (χ2v) is 12.6. The third-order valence-corrected chi connectivity index (χ3v) is 9.61. The molecule has 0 spiro atoms. The molecule has 0 saturated carbocycles. The maximum absolute atomic E-state index is 13.2. The Morgan fingerprint density at radius 2 is 1.79 bits per heavy atom. The van der Waals surface area contributed by atoms with Gasteiger partial charge in [0.05, 0.1) is 50.0 Å². The van der Waals surface area contributed by atoms with E-state index < -0.39 is 6.09 Å². The molecule has 0 aliphatic carbocycles. The van der Waals surface area contributed by atoms with Crippen LogP contribution in [0.4, 0.5) is 16.3 Å². The molecule has 4 heterocycles. The van der Waals surface area contributed by atoms with E-state index in [4.69, 9.17) is 24.2 Å². The van der Waals surface area contributed by atoms with E-state index in [1.54, 1.807) is 4.90 Å². The van der Waals surface area contributed by atoms with Gasteiger partial charge in [0.1, 0.15) is 19.0 Å². The highest BCUT2D eigenvalue weighted by Crippen LogP contribution is 2.35. The first-order chi connectivity index (χ1) is 23.6. The average molecular weight is 648 g/mol. The molecule has 1 aromatic heterocycles. The first-order valence-electron chi connectivity index (χ1n) is 16.7. The van der Waals surface area contributed by atoms with Crippen molar-refractivity contribution < 1.29 is 19.0 Å². The van der Waals surface area contributed by atoms with E-state index in [2.05, 4.69) is 70.3 Å². The van der Waals surface area contributed by atoms with Crippen LogP contribution in [0, 0.1) is 11.3 Å². The molecule has 48 heavy (non-hydrogen) atoms. The number of carbonyl (C=O) groups is 1. The molecule has 248 valence electrons. The van der Waals surface area contributed by atoms with Crippen molar-refractivity contribution in [2.45, 2.75) is 38.1 Å². The first kappa shape index (κ1) is 31.7. The highest BCUT2D eigenvalue weighted by molar-refractivity contribution is 5.94. The SMILES string of the molecule is CN1CCOC[C@@H]1COc1nc2c(c(N3CCN(C(=O)OCc4ccccc4)C(CC#N)C3)n1)CCN(c1cccc3ccccc13)C2. The number of ether oxygens (including phenoxy) is 3. The molecule has 2 atom stereocenters. The first-order valence-corrected chi connectivity index (χ1v) is 16.7. The lowest BCUT2D eigenvalue weighted by atomic mass is 10.0. The van der Waals surface area contributed by atoms with Gasteiger partial charge >= 0.3 is 12.1 Å². The minimum atomic E-state index is -0.406. The van der Waals surface area contributed by atoms with Crippen LogP contribution in [0.3, 0.4) is 0 Å². The van der Waals surface area contributed by atoms with E-state index in [1.165, 1.54) is 16.5 Å². The van der Waals surface area contributed by atoms with Crippen molar-refractivity contribution in [2.75, 3.05) is 69.4 Å². The van der Waals surface area contributed by atoms with Crippen molar-refractivity contribution in [3.63, 3.8) is 0 Å². The summed E-state index contributed by atoms with van der Waals surface area (Å²) in [5.74, 6) is 0.820. The molecule has 1 amide bonds. The Morgan fingerprint density at radius 1 is 0.958 bits per heavy atom. The highest BCUT2D eigenvalue weighted by Gasteiger charge is 2.35. The van der Waals surface area contributed by atoms with Gasteiger partial charge in [0, 0.05) is 49.4 Å². The highest BCUT2D eigenvalue weighted by atomic mass is 16.6. The summed E-state index contributed by atoms with van der Waals surface area (Å²) in [7, 11) is 2.08. The minimum absolute atomic E-state index is 0.111. The van der Waals surface area contributed by atoms with Gasteiger partial charge in [-0.15, -0.1) is 0 Å². The molecule has 4 aromatic rings. The number of carbonyl (C=O) groups excluding carboxylic acids is 1. The molecule has 3 aliphatic rings. The number of benzene rings is 3. The summed E-state index contributed by atoms with van der Waals surface area (Å²) < 4.78 is 17.7. The van der Waals surface area contributed by atoms with Crippen molar-refractivity contribution in [3.05, 3.63) is 89.6 Å². The summed E-state index contributed by atoms with van der Waals surface area (Å²) in [5.41, 5.74) is 4.13. The molecule has 0 radical (unpaired) electrons. The lowest BCUT2D eigenvalue weighted by Gasteiger charge is -2.42. The Morgan fingerprint density at radius 3 is 2.65 bits per heavy atom. The number of likely N-dealkylation sites (N-methyl/N-ethyl adjacent to an activating group) is 1. The summed E-state index contributed by atoms with van der Waals surface area (Å²) in [5, 5.41) is 12.2. The van der Waals surface area contributed by atoms with Crippen LogP contribution in [-0.2, 0) is 29.0 Å². The number of nitriles is 1. The summed E-state index contributed by atoms with van der Waals surface area (Å²) in [6.07, 6.45) is 0.545. The number of aromatic nitrogens is 2. The summed E-state index contributed by atoms with van der Waals surface area (Å²) >= 11 is 0. The average Bonchev–Trinajstić information content (AvgIpc) is 3.13. The van der Waals surface area contributed by atoms with Crippen LogP contribution in [0.1, 0.15) is 23.2 Å². The molecule has 2 fully saturated rings. The van der Waals surface area contributed by atoms with E-state index in [9.17, 15) is 10.1 Å². The van der Waals surface area contributed by atoms with Gasteiger partial charge in [0.15, 0.2) is 0 Å². The van der Waals surface area contributed by atoms with Crippen molar-refractivity contribution in [2.24, 2.45) is 0 Å². The lowest BCUT2D eigenvalue weighted by molar-refractivity contribution is -0.0120. The number of piperazine rings is 1.